The molecule has 0 aromatic heterocycles. The van der Waals surface area contributed by atoms with Crippen molar-refractivity contribution in [3.63, 3.8) is 0 Å². The molecular weight excluding hydrogens is 374 g/mol. The smallest absolute Gasteiger partial charge is 0.194 e. The van der Waals surface area contributed by atoms with Gasteiger partial charge in [0.05, 0.1) is 17.6 Å². The molecule has 0 spiro atoms. The van der Waals surface area contributed by atoms with Gasteiger partial charge in [0.15, 0.2) is 9.84 Å². The molecule has 2 aromatic rings. The van der Waals surface area contributed by atoms with E-state index in [2.05, 4.69) is 5.32 Å². The molecule has 28 heavy (non-hydrogen) atoms. The third-order valence-electron chi connectivity index (χ3n) is 5.09. The summed E-state index contributed by atoms with van der Waals surface area (Å²) in [7, 11) is -3.56. The fraction of sp³-hybridized carbons (Fsp3) is 0.455. The number of hydrogen-bond donors (Lipinski definition) is 2. The summed E-state index contributed by atoms with van der Waals surface area (Å²) in [4.78, 5) is 0.307. The molecular formula is C22H29NO4S. The van der Waals surface area contributed by atoms with Crippen molar-refractivity contribution in [1.82, 2.24) is 5.32 Å². The Hall–Kier alpha value is -1.89. The first kappa shape index (κ1) is 20.8. The predicted molar refractivity (Wildman–Crippen MR) is 110 cm³/mol. The van der Waals surface area contributed by atoms with Gasteiger partial charge in [-0.1, -0.05) is 44.2 Å². The minimum absolute atomic E-state index is 0.129. The van der Waals surface area contributed by atoms with Gasteiger partial charge in [-0.15, -0.1) is 0 Å². The first-order valence-corrected chi connectivity index (χ1v) is 11.4. The summed E-state index contributed by atoms with van der Waals surface area (Å²) in [6.45, 7) is 4.59. The predicted octanol–water partition coefficient (Wildman–Crippen LogP) is 2.96. The molecule has 3 rings (SSSR count). The van der Waals surface area contributed by atoms with Gasteiger partial charge in [0, 0.05) is 13.0 Å². The van der Waals surface area contributed by atoms with Crippen LogP contribution in [0.25, 0.3) is 0 Å². The van der Waals surface area contributed by atoms with E-state index in [-0.39, 0.29) is 12.5 Å². The van der Waals surface area contributed by atoms with Crippen molar-refractivity contribution in [2.75, 3.05) is 13.2 Å². The van der Waals surface area contributed by atoms with Gasteiger partial charge in [-0.2, -0.15) is 0 Å². The van der Waals surface area contributed by atoms with E-state index in [4.69, 9.17) is 4.74 Å². The molecule has 0 fully saturated rings. The van der Waals surface area contributed by atoms with Crippen LogP contribution in [0.3, 0.4) is 0 Å². The molecule has 1 heterocycles. The van der Waals surface area contributed by atoms with Crippen molar-refractivity contribution < 1.29 is 18.3 Å². The summed E-state index contributed by atoms with van der Waals surface area (Å²) in [6, 6.07) is 15.0. The molecule has 0 amide bonds. The Morgan fingerprint density at radius 1 is 1.14 bits per heavy atom. The molecule has 1 aliphatic heterocycles. The van der Waals surface area contributed by atoms with Crippen molar-refractivity contribution in [3.05, 3.63) is 59.7 Å². The number of fused-ring (bicyclic) bond motifs is 1. The summed E-state index contributed by atoms with van der Waals surface area (Å²) in [6.07, 6.45) is 1.47. The van der Waals surface area contributed by atoms with Crippen molar-refractivity contribution >= 4 is 9.84 Å². The molecule has 5 nitrogen and oxygen atoms in total. The van der Waals surface area contributed by atoms with Gasteiger partial charge in [-0.3, -0.25) is 5.32 Å². The second kappa shape index (κ2) is 9.07. The SMILES string of the molecule is CC(C)C(NC[C@H](O)CCc1ccccc1)S(=O)(=O)c1ccc2c(c1)CCO2. The minimum atomic E-state index is -3.56. The van der Waals surface area contributed by atoms with E-state index in [1.807, 2.05) is 44.2 Å². The Kier molecular flexibility index (Phi) is 6.75. The van der Waals surface area contributed by atoms with Gasteiger partial charge < -0.3 is 9.84 Å². The summed E-state index contributed by atoms with van der Waals surface area (Å²) in [5, 5.41) is 12.7. The second-order valence-corrected chi connectivity index (χ2v) is 9.73. The molecule has 0 bridgehead atoms. The van der Waals surface area contributed by atoms with E-state index < -0.39 is 21.3 Å². The summed E-state index contributed by atoms with van der Waals surface area (Å²) >= 11 is 0. The Bertz CT molecular complexity index is 881. The van der Waals surface area contributed by atoms with Crippen LogP contribution in [0, 0.1) is 5.92 Å². The molecule has 0 aliphatic carbocycles. The molecule has 0 saturated heterocycles. The summed E-state index contributed by atoms with van der Waals surface area (Å²) < 4.78 is 31.8. The average molecular weight is 404 g/mol. The summed E-state index contributed by atoms with van der Waals surface area (Å²) in [5.74, 6) is 0.639. The van der Waals surface area contributed by atoms with Crippen molar-refractivity contribution in [3.8, 4) is 5.75 Å². The largest absolute Gasteiger partial charge is 0.493 e. The Morgan fingerprint density at radius 2 is 1.89 bits per heavy atom. The molecule has 6 heteroatoms. The lowest BCUT2D eigenvalue weighted by Gasteiger charge is -2.24. The van der Waals surface area contributed by atoms with Gasteiger partial charge in [0.2, 0.25) is 0 Å². The maximum Gasteiger partial charge on any atom is 0.194 e. The second-order valence-electron chi connectivity index (χ2n) is 7.66. The molecule has 2 N–H and O–H groups in total. The molecule has 0 saturated carbocycles. The first-order valence-electron chi connectivity index (χ1n) is 9.83. The van der Waals surface area contributed by atoms with Crippen LogP contribution in [-0.4, -0.2) is 38.2 Å². The maximum absolute atomic E-state index is 13.2. The molecule has 1 unspecified atom stereocenters. The van der Waals surface area contributed by atoms with Crippen LogP contribution in [0.2, 0.25) is 0 Å². The molecule has 152 valence electrons. The topological polar surface area (TPSA) is 75.6 Å². The number of aliphatic hydroxyl groups is 1. The number of ether oxygens (including phenoxy) is 1. The van der Waals surface area contributed by atoms with Gasteiger partial charge >= 0.3 is 0 Å². The Morgan fingerprint density at radius 3 is 2.61 bits per heavy atom. The highest BCUT2D eigenvalue weighted by molar-refractivity contribution is 7.92. The van der Waals surface area contributed by atoms with Crippen molar-refractivity contribution in [2.45, 2.75) is 49.5 Å². The number of aliphatic hydroxyl groups excluding tert-OH is 1. The van der Waals surface area contributed by atoms with Gasteiger partial charge in [-0.25, -0.2) is 8.42 Å². The fourth-order valence-electron chi connectivity index (χ4n) is 3.52. The van der Waals surface area contributed by atoms with E-state index in [1.165, 1.54) is 0 Å². The van der Waals surface area contributed by atoms with Crippen LogP contribution in [0.4, 0.5) is 0 Å². The molecule has 2 aromatic carbocycles. The van der Waals surface area contributed by atoms with Crippen molar-refractivity contribution in [1.29, 1.82) is 0 Å². The Balaban J connectivity index is 1.64. The van der Waals surface area contributed by atoms with Gasteiger partial charge in [-0.05, 0) is 48.1 Å². The quantitative estimate of drug-likeness (QED) is 0.673. The number of sulfone groups is 1. The lowest BCUT2D eigenvalue weighted by molar-refractivity contribution is 0.159. The first-order chi connectivity index (χ1) is 13.4. The Labute approximate surface area is 167 Å². The zero-order chi connectivity index (χ0) is 20.1. The summed E-state index contributed by atoms with van der Waals surface area (Å²) in [5.41, 5.74) is 2.10. The van der Waals surface area contributed by atoms with Crippen LogP contribution < -0.4 is 10.1 Å². The molecule has 1 aliphatic rings. The standard InChI is InChI=1S/C22H29NO4S/c1-16(2)22(23-15-19(24)9-8-17-6-4-3-5-7-17)28(25,26)20-10-11-21-18(14-20)12-13-27-21/h3-7,10-11,14,16,19,22-24H,8-9,12-13,15H2,1-2H3/t19-,22?/m1/s1. The van der Waals surface area contributed by atoms with E-state index in [0.29, 0.717) is 17.9 Å². The highest BCUT2D eigenvalue weighted by Crippen LogP contribution is 2.29. The highest BCUT2D eigenvalue weighted by atomic mass is 32.2. The zero-order valence-electron chi connectivity index (χ0n) is 16.5. The number of rotatable bonds is 9. The normalized spacial score (nSPS) is 15.9. The number of nitrogens with one attached hydrogen (secondary N) is 1. The van der Waals surface area contributed by atoms with Crippen LogP contribution in [0.5, 0.6) is 5.75 Å². The van der Waals surface area contributed by atoms with Crippen LogP contribution in [-0.2, 0) is 22.7 Å². The minimum Gasteiger partial charge on any atom is -0.493 e. The third-order valence-corrected chi connectivity index (χ3v) is 7.38. The number of benzene rings is 2. The molecule has 2 atom stereocenters. The monoisotopic (exact) mass is 403 g/mol. The van der Waals surface area contributed by atoms with E-state index >= 15 is 0 Å². The lowest BCUT2D eigenvalue weighted by Crippen LogP contribution is -2.44. The maximum atomic E-state index is 13.2. The zero-order valence-corrected chi connectivity index (χ0v) is 17.3. The van der Waals surface area contributed by atoms with E-state index in [0.717, 1.165) is 29.7 Å². The fourth-order valence-corrected chi connectivity index (χ4v) is 5.41. The van der Waals surface area contributed by atoms with Gasteiger partial charge in [0.25, 0.3) is 0 Å². The highest BCUT2D eigenvalue weighted by Gasteiger charge is 2.31. The van der Waals surface area contributed by atoms with Gasteiger partial charge in [0.1, 0.15) is 11.1 Å². The van der Waals surface area contributed by atoms with E-state index in [9.17, 15) is 13.5 Å². The van der Waals surface area contributed by atoms with E-state index in [1.54, 1.807) is 18.2 Å². The number of hydrogen-bond acceptors (Lipinski definition) is 5. The van der Waals surface area contributed by atoms with Crippen LogP contribution in [0.15, 0.2) is 53.4 Å². The van der Waals surface area contributed by atoms with Crippen LogP contribution >= 0.6 is 0 Å². The number of aryl methyl sites for hydroxylation is 1. The van der Waals surface area contributed by atoms with Crippen molar-refractivity contribution in [2.24, 2.45) is 5.92 Å². The lowest BCUT2D eigenvalue weighted by atomic mass is 10.1. The molecule has 0 radical (unpaired) electrons. The third kappa shape index (κ3) is 4.93. The average Bonchev–Trinajstić information content (AvgIpc) is 3.14. The van der Waals surface area contributed by atoms with Crippen LogP contribution in [0.1, 0.15) is 31.4 Å².